The van der Waals surface area contributed by atoms with Gasteiger partial charge in [0.25, 0.3) is 5.91 Å². The first-order valence-corrected chi connectivity index (χ1v) is 8.63. The average molecular weight is 374 g/mol. The molecule has 2 rings (SSSR count). The Morgan fingerprint density at radius 3 is 2.28 bits per heavy atom. The zero-order chi connectivity index (χ0) is 18.2. The molecule has 3 N–H and O–H groups in total. The summed E-state index contributed by atoms with van der Waals surface area (Å²) in [5.41, 5.74) is 8.15. The van der Waals surface area contributed by atoms with Gasteiger partial charge in [-0.3, -0.25) is 15.6 Å². The Kier molecular flexibility index (Phi) is 6.98. The van der Waals surface area contributed by atoms with Crippen molar-refractivity contribution in [3.63, 3.8) is 0 Å². The standard InChI is InChI=1S/C19H20ClN3OS/c1-13(2)15-6-3-14(4-7-15)5-12-18(24)22-23-19(25)21-17-10-8-16(20)9-11-17/h3-13H,1-2H3,(H,22,24)(H2,21,23,25)/b12-5+. The highest BCUT2D eigenvalue weighted by Gasteiger charge is 2.00. The molecule has 0 saturated carbocycles. The van der Waals surface area contributed by atoms with E-state index in [4.69, 9.17) is 23.8 Å². The number of hydrogen-bond donors (Lipinski definition) is 3. The van der Waals surface area contributed by atoms with Crippen molar-refractivity contribution in [2.75, 3.05) is 5.32 Å². The van der Waals surface area contributed by atoms with E-state index in [1.165, 1.54) is 11.6 Å². The third-order valence-electron chi connectivity index (χ3n) is 3.43. The van der Waals surface area contributed by atoms with Crippen LogP contribution in [0.15, 0.2) is 54.6 Å². The van der Waals surface area contributed by atoms with Crippen molar-refractivity contribution in [3.05, 3.63) is 70.8 Å². The van der Waals surface area contributed by atoms with Gasteiger partial charge in [0.05, 0.1) is 0 Å². The molecule has 0 fully saturated rings. The van der Waals surface area contributed by atoms with Crippen molar-refractivity contribution < 1.29 is 4.79 Å². The van der Waals surface area contributed by atoms with Crippen LogP contribution < -0.4 is 16.2 Å². The van der Waals surface area contributed by atoms with E-state index in [0.29, 0.717) is 10.9 Å². The summed E-state index contributed by atoms with van der Waals surface area (Å²) in [6, 6.07) is 15.2. The van der Waals surface area contributed by atoms with Gasteiger partial charge in [0.1, 0.15) is 0 Å². The molecule has 25 heavy (non-hydrogen) atoms. The maximum absolute atomic E-state index is 11.8. The largest absolute Gasteiger partial charge is 0.331 e. The van der Waals surface area contributed by atoms with E-state index in [1.54, 1.807) is 30.3 Å². The van der Waals surface area contributed by atoms with Gasteiger partial charge < -0.3 is 5.32 Å². The van der Waals surface area contributed by atoms with Gasteiger partial charge in [-0.15, -0.1) is 0 Å². The summed E-state index contributed by atoms with van der Waals surface area (Å²) in [7, 11) is 0. The molecular formula is C19H20ClN3OS. The fourth-order valence-corrected chi connectivity index (χ4v) is 2.31. The first-order chi connectivity index (χ1) is 11.9. The van der Waals surface area contributed by atoms with E-state index < -0.39 is 0 Å². The van der Waals surface area contributed by atoms with Crippen molar-refractivity contribution in [1.29, 1.82) is 0 Å². The third-order valence-corrected chi connectivity index (χ3v) is 3.89. The average Bonchev–Trinajstić information content (AvgIpc) is 2.60. The van der Waals surface area contributed by atoms with Crippen LogP contribution in [0, 0.1) is 0 Å². The minimum Gasteiger partial charge on any atom is -0.331 e. The Morgan fingerprint density at radius 2 is 1.68 bits per heavy atom. The van der Waals surface area contributed by atoms with E-state index in [2.05, 4.69) is 42.1 Å². The molecule has 1 amide bonds. The van der Waals surface area contributed by atoms with Gasteiger partial charge in [0.2, 0.25) is 0 Å². The predicted molar refractivity (Wildman–Crippen MR) is 109 cm³/mol. The van der Waals surface area contributed by atoms with Crippen molar-refractivity contribution in [2.24, 2.45) is 0 Å². The van der Waals surface area contributed by atoms with Crippen LogP contribution in [0.25, 0.3) is 6.08 Å². The number of amides is 1. The highest BCUT2D eigenvalue weighted by molar-refractivity contribution is 7.80. The Labute approximate surface area is 158 Å². The molecule has 2 aromatic carbocycles. The number of halogens is 1. The summed E-state index contributed by atoms with van der Waals surface area (Å²) in [5, 5.41) is 3.86. The normalized spacial score (nSPS) is 10.7. The second-order valence-corrected chi connectivity index (χ2v) is 6.57. The fraction of sp³-hybridized carbons (Fsp3) is 0.158. The summed E-state index contributed by atoms with van der Waals surface area (Å²) in [4.78, 5) is 11.8. The van der Waals surface area contributed by atoms with Crippen LogP contribution in [0.5, 0.6) is 0 Å². The molecule has 4 nitrogen and oxygen atoms in total. The maximum atomic E-state index is 11.8. The van der Waals surface area contributed by atoms with Gasteiger partial charge in [-0.05, 0) is 59.6 Å². The predicted octanol–water partition coefficient (Wildman–Crippen LogP) is 4.49. The second kappa shape index (κ2) is 9.20. The minimum atomic E-state index is -0.298. The maximum Gasteiger partial charge on any atom is 0.262 e. The molecule has 2 aromatic rings. The third kappa shape index (κ3) is 6.57. The summed E-state index contributed by atoms with van der Waals surface area (Å²) in [6.07, 6.45) is 3.19. The Hall–Kier alpha value is -2.37. The highest BCUT2D eigenvalue weighted by atomic mass is 35.5. The number of carbonyl (C=O) groups is 1. The molecule has 0 aliphatic heterocycles. The minimum absolute atomic E-state index is 0.283. The van der Waals surface area contributed by atoms with Crippen molar-refractivity contribution in [3.8, 4) is 0 Å². The van der Waals surface area contributed by atoms with E-state index in [9.17, 15) is 4.79 Å². The van der Waals surface area contributed by atoms with Crippen molar-refractivity contribution in [1.82, 2.24) is 10.9 Å². The molecule has 130 valence electrons. The summed E-state index contributed by atoms with van der Waals surface area (Å²) < 4.78 is 0. The van der Waals surface area contributed by atoms with Crippen LogP contribution in [0.3, 0.4) is 0 Å². The van der Waals surface area contributed by atoms with Crippen LogP contribution in [-0.4, -0.2) is 11.0 Å². The monoisotopic (exact) mass is 373 g/mol. The van der Waals surface area contributed by atoms with Crippen LogP contribution in [0.1, 0.15) is 30.9 Å². The molecule has 0 aliphatic carbocycles. The van der Waals surface area contributed by atoms with E-state index >= 15 is 0 Å². The topological polar surface area (TPSA) is 53.2 Å². The number of nitrogens with one attached hydrogen (secondary N) is 3. The molecule has 0 spiro atoms. The first-order valence-electron chi connectivity index (χ1n) is 7.84. The molecule has 0 unspecified atom stereocenters. The van der Waals surface area contributed by atoms with Crippen molar-refractivity contribution in [2.45, 2.75) is 19.8 Å². The number of hydrogen-bond acceptors (Lipinski definition) is 2. The number of benzene rings is 2. The number of anilines is 1. The summed E-state index contributed by atoms with van der Waals surface area (Å²) >= 11 is 10.9. The molecule has 0 atom stereocenters. The lowest BCUT2D eigenvalue weighted by Gasteiger charge is -2.10. The molecule has 0 aromatic heterocycles. The lowest BCUT2D eigenvalue weighted by molar-refractivity contribution is -0.116. The van der Waals surface area contributed by atoms with Gasteiger partial charge in [-0.1, -0.05) is 49.7 Å². The zero-order valence-electron chi connectivity index (χ0n) is 14.0. The van der Waals surface area contributed by atoms with Crippen molar-refractivity contribution >= 4 is 46.6 Å². The lowest BCUT2D eigenvalue weighted by Crippen LogP contribution is -2.43. The number of rotatable bonds is 4. The first kappa shape index (κ1) is 19.0. The SMILES string of the molecule is CC(C)c1ccc(/C=C/C(=O)NNC(=S)Nc2ccc(Cl)cc2)cc1. The van der Waals surface area contributed by atoms with Gasteiger partial charge in [0, 0.05) is 16.8 Å². The van der Waals surface area contributed by atoms with Gasteiger partial charge in [-0.25, -0.2) is 0 Å². The quantitative estimate of drug-likeness (QED) is 0.419. The van der Waals surface area contributed by atoms with Crippen LogP contribution in [0.4, 0.5) is 5.69 Å². The molecule has 0 radical (unpaired) electrons. The number of carbonyl (C=O) groups excluding carboxylic acids is 1. The Morgan fingerprint density at radius 1 is 1.04 bits per heavy atom. The van der Waals surface area contributed by atoms with Crippen LogP contribution in [0.2, 0.25) is 5.02 Å². The van der Waals surface area contributed by atoms with Gasteiger partial charge in [0.15, 0.2) is 5.11 Å². The number of hydrazine groups is 1. The van der Waals surface area contributed by atoms with Gasteiger partial charge >= 0.3 is 0 Å². The van der Waals surface area contributed by atoms with E-state index in [-0.39, 0.29) is 11.0 Å². The van der Waals surface area contributed by atoms with Crippen LogP contribution >= 0.6 is 23.8 Å². The number of thiocarbonyl (C=S) groups is 1. The van der Waals surface area contributed by atoms with E-state index in [1.807, 2.05) is 12.1 Å². The second-order valence-electron chi connectivity index (χ2n) is 5.73. The molecule has 0 saturated heterocycles. The highest BCUT2D eigenvalue weighted by Crippen LogP contribution is 2.15. The summed E-state index contributed by atoms with van der Waals surface area (Å²) in [6.45, 7) is 4.29. The zero-order valence-corrected chi connectivity index (χ0v) is 15.6. The lowest BCUT2D eigenvalue weighted by atomic mass is 10.0. The van der Waals surface area contributed by atoms with Crippen LogP contribution in [-0.2, 0) is 4.79 Å². The molecule has 0 bridgehead atoms. The van der Waals surface area contributed by atoms with E-state index in [0.717, 1.165) is 11.3 Å². The molecular weight excluding hydrogens is 354 g/mol. The summed E-state index contributed by atoms with van der Waals surface area (Å²) in [5.74, 6) is 0.188. The molecule has 6 heteroatoms. The molecule has 0 aliphatic rings. The van der Waals surface area contributed by atoms with Gasteiger partial charge in [-0.2, -0.15) is 0 Å². The molecule has 0 heterocycles. The Bertz CT molecular complexity index is 755. The fourth-order valence-electron chi connectivity index (χ4n) is 2.02. The Balaban J connectivity index is 1.79. The smallest absolute Gasteiger partial charge is 0.262 e.